The van der Waals surface area contributed by atoms with Gasteiger partial charge in [0.25, 0.3) is 0 Å². The first-order chi connectivity index (χ1) is 6.66. The molecule has 2 fully saturated rings. The Hall–Kier alpha value is -0.870. The summed E-state index contributed by atoms with van der Waals surface area (Å²) < 4.78 is 15.5. The standard InChI is InChI=1S/C10H14O4/c1-6(2)10(11)14-8(9-5-13-9)3-7-4-12-7/h7-9H,1,3-5H2,2H3. The van der Waals surface area contributed by atoms with Gasteiger partial charge in [0, 0.05) is 12.0 Å². The number of carbonyl (C=O) groups is 1. The molecule has 4 nitrogen and oxygen atoms in total. The lowest BCUT2D eigenvalue weighted by molar-refractivity contribution is -0.145. The fourth-order valence-electron chi connectivity index (χ4n) is 1.25. The molecule has 2 saturated heterocycles. The van der Waals surface area contributed by atoms with E-state index in [9.17, 15) is 4.79 Å². The van der Waals surface area contributed by atoms with Gasteiger partial charge in [-0.05, 0) is 6.92 Å². The van der Waals surface area contributed by atoms with Crippen molar-refractivity contribution in [1.29, 1.82) is 0 Å². The first kappa shape index (κ1) is 9.68. The van der Waals surface area contributed by atoms with Gasteiger partial charge in [-0.3, -0.25) is 0 Å². The lowest BCUT2D eigenvalue weighted by Crippen LogP contribution is -2.25. The Kier molecular flexibility index (Phi) is 2.56. The van der Waals surface area contributed by atoms with Crippen molar-refractivity contribution in [3.63, 3.8) is 0 Å². The number of hydrogen-bond donors (Lipinski definition) is 0. The molecule has 14 heavy (non-hydrogen) atoms. The van der Waals surface area contributed by atoms with E-state index in [2.05, 4.69) is 6.58 Å². The SMILES string of the molecule is C=C(C)C(=O)OC(CC1CO1)C1CO1. The lowest BCUT2D eigenvalue weighted by Gasteiger charge is -2.14. The molecule has 3 unspecified atom stereocenters. The Morgan fingerprint density at radius 1 is 1.57 bits per heavy atom. The second kappa shape index (κ2) is 3.71. The molecule has 0 saturated carbocycles. The maximum Gasteiger partial charge on any atom is 0.333 e. The van der Waals surface area contributed by atoms with Gasteiger partial charge in [0.15, 0.2) is 0 Å². The van der Waals surface area contributed by atoms with Gasteiger partial charge in [-0.2, -0.15) is 0 Å². The molecule has 2 aliphatic rings. The summed E-state index contributed by atoms with van der Waals surface area (Å²) >= 11 is 0. The smallest absolute Gasteiger partial charge is 0.333 e. The Labute approximate surface area is 82.8 Å². The molecule has 0 aromatic carbocycles. The first-order valence-electron chi connectivity index (χ1n) is 4.76. The number of hydrogen-bond acceptors (Lipinski definition) is 4. The highest BCUT2D eigenvalue weighted by Gasteiger charge is 2.40. The van der Waals surface area contributed by atoms with Crippen molar-refractivity contribution in [3.05, 3.63) is 12.2 Å². The van der Waals surface area contributed by atoms with Crippen molar-refractivity contribution in [2.24, 2.45) is 0 Å². The number of esters is 1. The highest BCUT2D eigenvalue weighted by atomic mass is 16.6. The zero-order valence-corrected chi connectivity index (χ0v) is 8.19. The first-order valence-corrected chi connectivity index (χ1v) is 4.76. The number of epoxide rings is 2. The van der Waals surface area contributed by atoms with Crippen LogP contribution in [0.5, 0.6) is 0 Å². The third-order valence-electron chi connectivity index (χ3n) is 2.28. The number of rotatable bonds is 5. The molecule has 0 aromatic rings. The highest BCUT2D eigenvalue weighted by molar-refractivity contribution is 5.87. The minimum absolute atomic E-state index is 0.0718. The summed E-state index contributed by atoms with van der Waals surface area (Å²) in [6, 6.07) is 0. The minimum atomic E-state index is -0.342. The van der Waals surface area contributed by atoms with Crippen LogP contribution in [0.25, 0.3) is 0 Å². The average Bonchev–Trinajstić information content (AvgIpc) is 2.98. The van der Waals surface area contributed by atoms with Crippen LogP contribution >= 0.6 is 0 Å². The summed E-state index contributed by atoms with van der Waals surface area (Å²) in [6.45, 7) is 6.63. The van der Waals surface area contributed by atoms with Gasteiger partial charge in [0.1, 0.15) is 12.2 Å². The van der Waals surface area contributed by atoms with Gasteiger partial charge in [-0.15, -0.1) is 0 Å². The monoisotopic (exact) mass is 198 g/mol. The molecule has 78 valence electrons. The molecule has 0 N–H and O–H groups in total. The summed E-state index contributed by atoms with van der Waals surface area (Å²) in [7, 11) is 0. The van der Waals surface area contributed by atoms with Crippen LogP contribution < -0.4 is 0 Å². The Balaban J connectivity index is 1.82. The van der Waals surface area contributed by atoms with Crippen molar-refractivity contribution in [3.8, 4) is 0 Å². The average molecular weight is 198 g/mol. The minimum Gasteiger partial charge on any atom is -0.456 e. The van der Waals surface area contributed by atoms with Crippen LogP contribution in [0.15, 0.2) is 12.2 Å². The van der Waals surface area contributed by atoms with Crippen LogP contribution in [-0.4, -0.2) is 37.5 Å². The normalized spacial score (nSPS) is 30.6. The van der Waals surface area contributed by atoms with Crippen LogP contribution in [0.3, 0.4) is 0 Å². The Morgan fingerprint density at radius 3 is 2.64 bits per heavy atom. The van der Waals surface area contributed by atoms with Gasteiger partial charge in [-0.25, -0.2) is 4.79 Å². The summed E-state index contributed by atoms with van der Waals surface area (Å²) in [5.41, 5.74) is 0.423. The van der Waals surface area contributed by atoms with Crippen molar-refractivity contribution in [1.82, 2.24) is 0 Å². The third kappa shape index (κ3) is 2.56. The third-order valence-corrected chi connectivity index (χ3v) is 2.28. The highest BCUT2D eigenvalue weighted by Crippen LogP contribution is 2.26. The lowest BCUT2D eigenvalue weighted by atomic mass is 10.1. The number of carbonyl (C=O) groups excluding carboxylic acids is 1. The molecule has 0 aliphatic carbocycles. The molecule has 0 radical (unpaired) electrons. The predicted molar refractivity (Wildman–Crippen MR) is 48.8 cm³/mol. The van der Waals surface area contributed by atoms with E-state index in [0.29, 0.717) is 12.2 Å². The zero-order chi connectivity index (χ0) is 10.1. The van der Waals surface area contributed by atoms with E-state index < -0.39 is 0 Å². The van der Waals surface area contributed by atoms with E-state index in [4.69, 9.17) is 14.2 Å². The second-order valence-electron chi connectivity index (χ2n) is 3.79. The molecular formula is C10H14O4. The van der Waals surface area contributed by atoms with Gasteiger partial charge >= 0.3 is 5.97 Å². The molecule has 2 rings (SSSR count). The van der Waals surface area contributed by atoms with Gasteiger partial charge in [0.2, 0.25) is 0 Å². The fraction of sp³-hybridized carbons (Fsp3) is 0.700. The molecule has 4 heteroatoms. The maximum atomic E-state index is 11.3. The van der Waals surface area contributed by atoms with Crippen molar-refractivity contribution in [2.45, 2.75) is 31.7 Å². The zero-order valence-electron chi connectivity index (χ0n) is 8.19. The Morgan fingerprint density at radius 2 is 2.21 bits per heavy atom. The molecule has 2 aliphatic heterocycles. The maximum absolute atomic E-state index is 11.3. The van der Waals surface area contributed by atoms with E-state index in [1.54, 1.807) is 6.92 Å². The summed E-state index contributed by atoms with van der Waals surface area (Å²) in [5, 5.41) is 0. The largest absolute Gasteiger partial charge is 0.456 e. The molecular weight excluding hydrogens is 184 g/mol. The summed E-state index contributed by atoms with van der Waals surface area (Å²) in [6.07, 6.45) is 0.903. The van der Waals surface area contributed by atoms with Gasteiger partial charge in [-0.1, -0.05) is 6.58 Å². The molecule has 0 spiro atoms. The fourth-order valence-corrected chi connectivity index (χ4v) is 1.25. The van der Waals surface area contributed by atoms with Gasteiger partial charge in [0.05, 0.1) is 19.3 Å². The van der Waals surface area contributed by atoms with Crippen LogP contribution in [0.4, 0.5) is 0 Å². The summed E-state index contributed by atoms with van der Waals surface area (Å²) in [4.78, 5) is 11.3. The van der Waals surface area contributed by atoms with Crippen molar-refractivity contribution >= 4 is 5.97 Å². The van der Waals surface area contributed by atoms with Crippen LogP contribution in [0.1, 0.15) is 13.3 Å². The topological polar surface area (TPSA) is 51.4 Å². The molecule has 0 bridgehead atoms. The van der Waals surface area contributed by atoms with E-state index in [0.717, 1.165) is 13.0 Å². The Bertz CT molecular complexity index is 253. The molecule has 3 atom stereocenters. The second-order valence-corrected chi connectivity index (χ2v) is 3.79. The molecule has 0 aromatic heterocycles. The van der Waals surface area contributed by atoms with Crippen LogP contribution in [0, 0.1) is 0 Å². The van der Waals surface area contributed by atoms with E-state index in [1.807, 2.05) is 0 Å². The van der Waals surface area contributed by atoms with E-state index >= 15 is 0 Å². The van der Waals surface area contributed by atoms with E-state index in [1.165, 1.54) is 0 Å². The quantitative estimate of drug-likeness (QED) is 0.370. The van der Waals surface area contributed by atoms with E-state index in [-0.39, 0.29) is 24.3 Å². The van der Waals surface area contributed by atoms with Crippen LogP contribution in [0.2, 0.25) is 0 Å². The summed E-state index contributed by atoms with van der Waals surface area (Å²) in [5.74, 6) is -0.342. The van der Waals surface area contributed by atoms with Crippen molar-refractivity contribution in [2.75, 3.05) is 13.2 Å². The van der Waals surface area contributed by atoms with Crippen molar-refractivity contribution < 1.29 is 19.0 Å². The van der Waals surface area contributed by atoms with Gasteiger partial charge < -0.3 is 14.2 Å². The predicted octanol–water partition coefficient (Wildman–Crippen LogP) is 0.662. The molecule has 0 amide bonds. The molecule has 2 heterocycles. The van der Waals surface area contributed by atoms with Crippen LogP contribution in [-0.2, 0) is 19.0 Å². The number of ether oxygens (including phenoxy) is 3.